The van der Waals surface area contributed by atoms with Gasteiger partial charge in [0.15, 0.2) is 5.58 Å². The van der Waals surface area contributed by atoms with E-state index in [1.807, 2.05) is 25.1 Å². The number of rotatable bonds is 9. The standard InChI is InChI=1S/C24H27NO5/c1-16-18-10-12-21(26)20(15-25-14-6-9-17-7-4-3-5-8-17)23(18)30-24(28)19(16)11-13-22(27)29-2/h3-5,7-8,10,12,25-26H,6,9,11,13-15H2,1-2H3/p+1. The highest BCUT2D eigenvalue weighted by molar-refractivity contribution is 5.85. The molecule has 30 heavy (non-hydrogen) atoms. The number of nitrogens with two attached hydrogens (primary N) is 1. The summed E-state index contributed by atoms with van der Waals surface area (Å²) in [4.78, 5) is 24.0. The Morgan fingerprint density at radius 2 is 1.87 bits per heavy atom. The van der Waals surface area contributed by atoms with Crippen molar-refractivity contribution in [1.29, 1.82) is 0 Å². The molecule has 3 aromatic rings. The lowest BCUT2D eigenvalue weighted by molar-refractivity contribution is -0.670. The van der Waals surface area contributed by atoms with Crippen LogP contribution >= 0.6 is 0 Å². The summed E-state index contributed by atoms with van der Waals surface area (Å²) >= 11 is 0. The number of phenolic OH excluding ortho intramolecular Hbond substituents is 1. The topological polar surface area (TPSA) is 93.3 Å². The van der Waals surface area contributed by atoms with Gasteiger partial charge in [0, 0.05) is 23.8 Å². The van der Waals surface area contributed by atoms with E-state index in [1.165, 1.54) is 12.7 Å². The van der Waals surface area contributed by atoms with Gasteiger partial charge in [0.2, 0.25) is 0 Å². The Morgan fingerprint density at radius 1 is 1.10 bits per heavy atom. The number of quaternary nitrogens is 1. The predicted octanol–water partition coefficient (Wildman–Crippen LogP) is 2.61. The molecule has 0 saturated carbocycles. The summed E-state index contributed by atoms with van der Waals surface area (Å²) in [7, 11) is 1.32. The number of benzene rings is 2. The van der Waals surface area contributed by atoms with Crippen LogP contribution in [0.5, 0.6) is 5.75 Å². The smallest absolute Gasteiger partial charge is 0.339 e. The Kier molecular flexibility index (Phi) is 7.25. The van der Waals surface area contributed by atoms with Crippen LogP contribution in [0.4, 0.5) is 0 Å². The van der Waals surface area contributed by atoms with Crippen LogP contribution in [0.15, 0.2) is 51.7 Å². The summed E-state index contributed by atoms with van der Waals surface area (Å²) < 4.78 is 10.2. The summed E-state index contributed by atoms with van der Waals surface area (Å²) in [5.74, 6) is -0.253. The molecule has 0 aliphatic rings. The fraction of sp³-hybridized carbons (Fsp3) is 0.333. The molecule has 0 saturated heterocycles. The molecule has 158 valence electrons. The van der Waals surface area contributed by atoms with Crippen LogP contribution in [0.25, 0.3) is 11.0 Å². The van der Waals surface area contributed by atoms with Gasteiger partial charge in [0.1, 0.15) is 12.3 Å². The Hall–Kier alpha value is -3.12. The van der Waals surface area contributed by atoms with Crippen LogP contribution < -0.4 is 10.9 Å². The number of phenols is 1. The number of aryl methyl sites for hydroxylation is 2. The lowest BCUT2D eigenvalue weighted by Crippen LogP contribution is -2.82. The fourth-order valence-electron chi connectivity index (χ4n) is 3.66. The first-order valence-corrected chi connectivity index (χ1v) is 10.2. The molecule has 0 fully saturated rings. The van der Waals surface area contributed by atoms with Gasteiger partial charge in [-0.1, -0.05) is 30.3 Å². The first kappa shape index (κ1) is 21.6. The number of hydrogen-bond acceptors (Lipinski definition) is 5. The minimum atomic E-state index is -0.472. The van der Waals surface area contributed by atoms with Gasteiger partial charge < -0.3 is 19.6 Å². The zero-order valence-electron chi connectivity index (χ0n) is 17.4. The average molecular weight is 410 g/mol. The average Bonchev–Trinajstić information content (AvgIpc) is 2.75. The van der Waals surface area contributed by atoms with E-state index < -0.39 is 5.63 Å². The molecular weight excluding hydrogens is 382 g/mol. The van der Waals surface area contributed by atoms with Crippen molar-refractivity contribution in [2.24, 2.45) is 0 Å². The third-order valence-electron chi connectivity index (χ3n) is 5.41. The molecule has 0 aliphatic carbocycles. The zero-order valence-corrected chi connectivity index (χ0v) is 17.4. The molecule has 0 atom stereocenters. The maximum absolute atomic E-state index is 12.5. The van der Waals surface area contributed by atoms with E-state index in [9.17, 15) is 14.7 Å². The summed E-state index contributed by atoms with van der Waals surface area (Å²) in [6.07, 6.45) is 2.39. The molecule has 6 heteroatoms. The first-order valence-electron chi connectivity index (χ1n) is 10.2. The summed E-state index contributed by atoms with van der Waals surface area (Å²) in [6, 6.07) is 13.7. The van der Waals surface area contributed by atoms with Crippen molar-refractivity contribution in [1.82, 2.24) is 0 Å². The van der Waals surface area contributed by atoms with E-state index in [1.54, 1.807) is 12.1 Å². The number of carbonyl (C=O) groups is 1. The number of hydrogen-bond donors (Lipinski definition) is 2. The van der Waals surface area contributed by atoms with Crippen molar-refractivity contribution in [2.45, 2.75) is 39.2 Å². The largest absolute Gasteiger partial charge is 0.507 e. The molecule has 0 amide bonds. The van der Waals surface area contributed by atoms with Crippen LogP contribution in [0.2, 0.25) is 0 Å². The van der Waals surface area contributed by atoms with Crippen molar-refractivity contribution in [2.75, 3.05) is 13.7 Å². The van der Waals surface area contributed by atoms with E-state index in [0.29, 0.717) is 23.3 Å². The van der Waals surface area contributed by atoms with E-state index in [4.69, 9.17) is 4.42 Å². The van der Waals surface area contributed by atoms with Gasteiger partial charge in [0.05, 0.1) is 19.2 Å². The van der Waals surface area contributed by atoms with Crippen molar-refractivity contribution < 1.29 is 24.4 Å². The van der Waals surface area contributed by atoms with Gasteiger partial charge in [-0.05, 0) is 43.0 Å². The first-order chi connectivity index (χ1) is 14.5. The molecule has 6 nitrogen and oxygen atoms in total. The molecule has 3 N–H and O–H groups in total. The predicted molar refractivity (Wildman–Crippen MR) is 114 cm³/mol. The molecule has 0 aliphatic heterocycles. The Labute approximate surface area is 175 Å². The molecule has 0 radical (unpaired) electrons. The van der Waals surface area contributed by atoms with Gasteiger partial charge in [0.25, 0.3) is 0 Å². The van der Waals surface area contributed by atoms with Crippen molar-refractivity contribution in [3.8, 4) is 5.75 Å². The second-order valence-corrected chi connectivity index (χ2v) is 7.38. The van der Waals surface area contributed by atoms with Crippen molar-refractivity contribution in [3.05, 3.63) is 75.1 Å². The Bertz CT molecular complexity index is 1070. The SMILES string of the molecule is COC(=O)CCc1c(C)c2ccc(O)c(C[NH2+]CCCc3ccccc3)c2oc1=O. The Morgan fingerprint density at radius 3 is 2.60 bits per heavy atom. The van der Waals surface area contributed by atoms with Gasteiger partial charge >= 0.3 is 11.6 Å². The van der Waals surface area contributed by atoms with Crippen LogP contribution in [-0.4, -0.2) is 24.7 Å². The minimum Gasteiger partial charge on any atom is -0.507 e. The second kappa shape index (κ2) is 10.1. The number of ether oxygens (including phenoxy) is 1. The lowest BCUT2D eigenvalue weighted by Gasteiger charge is -2.11. The molecule has 1 aromatic heterocycles. The molecule has 2 aromatic carbocycles. The fourth-order valence-corrected chi connectivity index (χ4v) is 3.66. The minimum absolute atomic E-state index is 0.117. The van der Waals surface area contributed by atoms with E-state index >= 15 is 0 Å². The zero-order chi connectivity index (χ0) is 21.5. The normalized spacial score (nSPS) is 11.0. The van der Waals surface area contributed by atoms with Crippen LogP contribution in [0, 0.1) is 6.92 Å². The molecule has 0 spiro atoms. The van der Waals surface area contributed by atoms with Gasteiger partial charge in [-0.25, -0.2) is 4.79 Å². The number of esters is 1. The van der Waals surface area contributed by atoms with Crippen LogP contribution in [0.3, 0.4) is 0 Å². The maximum Gasteiger partial charge on any atom is 0.339 e. The highest BCUT2D eigenvalue weighted by atomic mass is 16.5. The van der Waals surface area contributed by atoms with E-state index in [2.05, 4.69) is 22.2 Å². The van der Waals surface area contributed by atoms with Gasteiger partial charge in [-0.2, -0.15) is 0 Å². The van der Waals surface area contributed by atoms with Gasteiger partial charge in [-0.3, -0.25) is 4.79 Å². The number of aromatic hydroxyl groups is 1. The van der Waals surface area contributed by atoms with E-state index in [0.717, 1.165) is 30.3 Å². The number of carbonyl (C=O) groups excluding carboxylic acids is 1. The third-order valence-corrected chi connectivity index (χ3v) is 5.41. The molecule has 0 unspecified atom stereocenters. The van der Waals surface area contributed by atoms with Crippen molar-refractivity contribution >= 4 is 16.9 Å². The third kappa shape index (κ3) is 5.07. The number of methoxy groups -OCH3 is 1. The Balaban J connectivity index is 1.73. The highest BCUT2D eigenvalue weighted by Gasteiger charge is 2.18. The second-order valence-electron chi connectivity index (χ2n) is 7.38. The molecular formula is C24H28NO5+. The number of fused-ring (bicyclic) bond motifs is 1. The van der Waals surface area contributed by atoms with E-state index in [-0.39, 0.29) is 24.6 Å². The summed E-state index contributed by atoms with van der Waals surface area (Å²) in [6.45, 7) is 3.25. The quantitative estimate of drug-likeness (QED) is 0.321. The highest BCUT2D eigenvalue weighted by Crippen LogP contribution is 2.29. The lowest BCUT2D eigenvalue weighted by atomic mass is 10.00. The van der Waals surface area contributed by atoms with Crippen LogP contribution in [0.1, 0.15) is 35.1 Å². The molecule has 1 heterocycles. The summed E-state index contributed by atoms with van der Waals surface area (Å²) in [5.41, 5.74) is 3.11. The maximum atomic E-state index is 12.5. The molecule has 3 rings (SSSR count). The monoisotopic (exact) mass is 410 g/mol. The molecule has 0 bridgehead atoms. The summed E-state index contributed by atoms with van der Waals surface area (Å²) in [5, 5.41) is 13.2. The van der Waals surface area contributed by atoms with Gasteiger partial charge in [-0.15, -0.1) is 0 Å². The van der Waals surface area contributed by atoms with Crippen molar-refractivity contribution in [3.63, 3.8) is 0 Å². The van der Waals surface area contributed by atoms with Crippen LogP contribution in [-0.2, 0) is 28.9 Å².